The van der Waals surface area contributed by atoms with Crippen molar-refractivity contribution in [3.8, 4) is 0 Å². The summed E-state index contributed by atoms with van der Waals surface area (Å²) in [5.74, 6) is 0.755. The van der Waals surface area contributed by atoms with Crippen LogP contribution >= 0.6 is 0 Å². The number of aromatic nitrogens is 2. The first-order valence-corrected chi connectivity index (χ1v) is 5.43. The van der Waals surface area contributed by atoms with Crippen LogP contribution in [0, 0.1) is 6.92 Å². The molecular formula is C13H15N3O. The molecule has 1 aromatic carbocycles. The molecule has 0 spiro atoms. The molecule has 2 aromatic rings. The molecule has 1 aromatic heterocycles. The molecule has 0 atom stereocenters. The molecule has 2 rings (SSSR count). The van der Waals surface area contributed by atoms with Crippen molar-refractivity contribution in [3.63, 3.8) is 0 Å². The number of nitrogens with zero attached hydrogens (tertiary/aromatic N) is 3. The number of aryl methyl sites for hydroxylation is 2. The minimum atomic E-state index is -0.0337. The fourth-order valence-corrected chi connectivity index (χ4v) is 1.79. The molecule has 0 saturated heterocycles. The van der Waals surface area contributed by atoms with Gasteiger partial charge in [0.05, 0.1) is 5.69 Å². The van der Waals surface area contributed by atoms with E-state index in [-0.39, 0.29) is 5.91 Å². The molecule has 0 bridgehead atoms. The Balaban J connectivity index is 2.30. The number of hydrogen-bond acceptors (Lipinski definition) is 2. The van der Waals surface area contributed by atoms with Crippen LogP contribution in [0.1, 0.15) is 16.1 Å². The van der Waals surface area contributed by atoms with E-state index in [1.165, 1.54) is 0 Å². The molecule has 0 fully saturated rings. The first-order valence-electron chi connectivity index (χ1n) is 5.43. The van der Waals surface area contributed by atoms with E-state index in [1.807, 2.05) is 50.4 Å². The highest BCUT2D eigenvalue weighted by atomic mass is 16.2. The zero-order valence-electron chi connectivity index (χ0n) is 10.2. The normalized spacial score (nSPS) is 10.3. The van der Waals surface area contributed by atoms with Crippen molar-refractivity contribution in [1.29, 1.82) is 0 Å². The van der Waals surface area contributed by atoms with Gasteiger partial charge in [-0.15, -0.1) is 0 Å². The number of rotatable bonds is 2. The first-order chi connectivity index (χ1) is 8.09. The van der Waals surface area contributed by atoms with Gasteiger partial charge in [0.25, 0.3) is 5.91 Å². The van der Waals surface area contributed by atoms with Crippen molar-refractivity contribution < 1.29 is 4.79 Å². The lowest BCUT2D eigenvalue weighted by molar-refractivity contribution is 0.0991. The summed E-state index contributed by atoms with van der Waals surface area (Å²) in [6.45, 7) is 1.91. The molecule has 0 aliphatic heterocycles. The molecule has 4 heteroatoms. The number of carbonyl (C=O) groups is 1. The highest BCUT2D eigenvalue weighted by Crippen LogP contribution is 2.15. The van der Waals surface area contributed by atoms with Gasteiger partial charge in [-0.2, -0.15) is 5.10 Å². The maximum Gasteiger partial charge on any atom is 0.259 e. The van der Waals surface area contributed by atoms with E-state index in [2.05, 4.69) is 5.10 Å². The van der Waals surface area contributed by atoms with E-state index < -0.39 is 0 Å². The lowest BCUT2D eigenvalue weighted by atomic mass is 10.2. The molecule has 0 unspecified atom stereocenters. The number of benzene rings is 1. The maximum absolute atomic E-state index is 12.2. The summed E-state index contributed by atoms with van der Waals surface area (Å²) in [6.07, 6.45) is 0. The number of carbonyl (C=O) groups excluding carboxylic acids is 1. The molecule has 0 N–H and O–H groups in total. The molecule has 0 aliphatic rings. The van der Waals surface area contributed by atoms with E-state index in [0.29, 0.717) is 5.56 Å². The van der Waals surface area contributed by atoms with Gasteiger partial charge < -0.3 is 0 Å². The van der Waals surface area contributed by atoms with E-state index in [4.69, 9.17) is 0 Å². The van der Waals surface area contributed by atoms with Gasteiger partial charge in [0.15, 0.2) is 0 Å². The van der Waals surface area contributed by atoms with Crippen molar-refractivity contribution in [2.24, 2.45) is 7.05 Å². The molecule has 0 saturated carbocycles. The Bertz CT molecular complexity index is 531. The molecule has 4 nitrogen and oxygen atoms in total. The van der Waals surface area contributed by atoms with Gasteiger partial charge in [-0.05, 0) is 19.1 Å². The van der Waals surface area contributed by atoms with Crippen LogP contribution in [-0.4, -0.2) is 22.7 Å². The summed E-state index contributed by atoms with van der Waals surface area (Å²) in [7, 11) is 3.59. The highest BCUT2D eigenvalue weighted by Gasteiger charge is 2.16. The third-order valence-corrected chi connectivity index (χ3v) is 2.65. The number of hydrogen-bond donors (Lipinski definition) is 0. The summed E-state index contributed by atoms with van der Waals surface area (Å²) >= 11 is 0. The topological polar surface area (TPSA) is 38.1 Å². The quantitative estimate of drug-likeness (QED) is 0.790. The van der Waals surface area contributed by atoms with Crippen LogP contribution in [0.3, 0.4) is 0 Å². The Morgan fingerprint density at radius 1 is 1.29 bits per heavy atom. The fourth-order valence-electron chi connectivity index (χ4n) is 1.79. The summed E-state index contributed by atoms with van der Waals surface area (Å²) in [4.78, 5) is 13.8. The zero-order valence-corrected chi connectivity index (χ0v) is 10.2. The molecule has 1 amide bonds. The second kappa shape index (κ2) is 4.41. The predicted molar refractivity (Wildman–Crippen MR) is 67.1 cm³/mol. The Labute approximate surface area is 100 Å². The van der Waals surface area contributed by atoms with E-state index >= 15 is 0 Å². The van der Waals surface area contributed by atoms with Crippen LogP contribution in [0.2, 0.25) is 0 Å². The third kappa shape index (κ3) is 2.20. The Morgan fingerprint density at radius 3 is 2.47 bits per heavy atom. The first kappa shape index (κ1) is 11.4. The number of anilines is 1. The summed E-state index contributed by atoms with van der Waals surface area (Å²) in [6, 6.07) is 11.1. The minimum absolute atomic E-state index is 0.0337. The maximum atomic E-state index is 12.2. The van der Waals surface area contributed by atoms with Crippen LogP contribution in [0.15, 0.2) is 36.4 Å². The van der Waals surface area contributed by atoms with Crippen molar-refractivity contribution in [1.82, 2.24) is 9.78 Å². The van der Waals surface area contributed by atoms with Crippen LogP contribution in [0.5, 0.6) is 0 Å². The Morgan fingerprint density at radius 2 is 1.94 bits per heavy atom. The van der Waals surface area contributed by atoms with Gasteiger partial charge in [-0.25, -0.2) is 0 Å². The van der Waals surface area contributed by atoms with Crippen molar-refractivity contribution in [2.75, 3.05) is 11.9 Å². The zero-order chi connectivity index (χ0) is 12.4. The predicted octanol–water partition coefficient (Wildman–Crippen LogP) is 2.01. The standard InChI is InChI=1S/C13H15N3O/c1-10-9-12(16(3)14-10)15(2)13(17)11-7-5-4-6-8-11/h4-9H,1-3H3. The minimum Gasteiger partial charge on any atom is -0.296 e. The summed E-state index contributed by atoms with van der Waals surface area (Å²) in [5, 5.41) is 4.23. The van der Waals surface area contributed by atoms with Gasteiger partial charge in [0, 0.05) is 25.7 Å². The van der Waals surface area contributed by atoms with Gasteiger partial charge in [0.2, 0.25) is 0 Å². The van der Waals surface area contributed by atoms with Crippen LogP contribution in [0.4, 0.5) is 5.82 Å². The van der Waals surface area contributed by atoms with Crippen LogP contribution in [0.25, 0.3) is 0 Å². The lowest BCUT2D eigenvalue weighted by Gasteiger charge is -2.16. The van der Waals surface area contributed by atoms with E-state index in [9.17, 15) is 4.79 Å². The fraction of sp³-hybridized carbons (Fsp3) is 0.231. The van der Waals surface area contributed by atoms with Gasteiger partial charge in [-0.1, -0.05) is 18.2 Å². The SMILES string of the molecule is Cc1cc(N(C)C(=O)c2ccccc2)n(C)n1. The van der Waals surface area contributed by atoms with E-state index in [1.54, 1.807) is 16.6 Å². The average Bonchev–Trinajstić information content (AvgIpc) is 2.68. The summed E-state index contributed by atoms with van der Waals surface area (Å²) in [5.41, 5.74) is 1.57. The molecular weight excluding hydrogens is 214 g/mol. The highest BCUT2D eigenvalue weighted by molar-refractivity contribution is 6.05. The molecule has 0 aliphatic carbocycles. The molecule has 0 radical (unpaired) electrons. The average molecular weight is 229 g/mol. The largest absolute Gasteiger partial charge is 0.296 e. The van der Waals surface area contributed by atoms with Gasteiger partial charge in [0.1, 0.15) is 5.82 Å². The second-order valence-corrected chi connectivity index (χ2v) is 4.00. The van der Waals surface area contributed by atoms with Crippen molar-refractivity contribution in [2.45, 2.75) is 6.92 Å². The monoisotopic (exact) mass is 229 g/mol. The Kier molecular flexibility index (Phi) is 2.95. The lowest BCUT2D eigenvalue weighted by Crippen LogP contribution is -2.28. The summed E-state index contributed by atoms with van der Waals surface area (Å²) < 4.78 is 1.70. The van der Waals surface area contributed by atoms with E-state index in [0.717, 1.165) is 11.5 Å². The van der Waals surface area contributed by atoms with Crippen LogP contribution < -0.4 is 4.90 Å². The molecule has 17 heavy (non-hydrogen) atoms. The van der Waals surface area contributed by atoms with Gasteiger partial charge in [-0.3, -0.25) is 14.4 Å². The molecule has 88 valence electrons. The van der Waals surface area contributed by atoms with Crippen molar-refractivity contribution >= 4 is 11.7 Å². The third-order valence-electron chi connectivity index (χ3n) is 2.65. The number of amides is 1. The van der Waals surface area contributed by atoms with Crippen LogP contribution in [-0.2, 0) is 7.05 Å². The van der Waals surface area contributed by atoms with Crippen molar-refractivity contribution in [3.05, 3.63) is 47.7 Å². The van der Waals surface area contributed by atoms with Gasteiger partial charge >= 0.3 is 0 Å². The Hall–Kier alpha value is -2.10. The second-order valence-electron chi connectivity index (χ2n) is 4.00. The molecule has 1 heterocycles. The smallest absolute Gasteiger partial charge is 0.259 e.